The van der Waals surface area contributed by atoms with Gasteiger partial charge in [0, 0.05) is 51.8 Å². The Bertz CT molecular complexity index is 1580. The van der Waals surface area contributed by atoms with Crippen LogP contribution in [-0.2, 0) is 23.9 Å². The van der Waals surface area contributed by atoms with E-state index in [0.29, 0.717) is 31.5 Å². The summed E-state index contributed by atoms with van der Waals surface area (Å²) in [6, 6.07) is 2.06. The normalized spacial score (nSPS) is 16.7. The molecule has 2 aliphatic rings. The Balaban J connectivity index is 1.54. The largest absolute Gasteiger partial charge is 0.483 e. The van der Waals surface area contributed by atoms with E-state index in [4.69, 9.17) is 9.47 Å². The average Bonchev–Trinajstić information content (AvgIpc) is 3.57. The van der Waals surface area contributed by atoms with Gasteiger partial charge in [-0.15, -0.1) is 0 Å². The summed E-state index contributed by atoms with van der Waals surface area (Å²) >= 11 is 0. The van der Waals surface area contributed by atoms with E-state index in [1.807, 2.05) is 6.92 Å². The number of amides is 5. The molecule has 16 heteroatoms. The zero-order chi connectivity index (χ0) is 35.7. The van der Waals surface area contributed by atoms with E-state index in [9.17, 15) is 33.9 Å². The van der Waals surface area contributed by atoms with Crippen molar-refractivity contribution < 1.29 is 47.7 Å². The molecule has 2 unspecified atom stereocenters. The molecule has 0 bridgehead atoms. The third-order valence-electron chi connectivity index (χ3n) is 8.35. The molecular formula is C33H43FN6O9. The molecule has 2 aliphatic heterocycles. The average molecular weight is 687 g/mol. The van der Waals surface area contributed by atoms with Crippen molar-refractivity contribution in [3.63, 3.8) is 0 Å². The van der Waals surface area contributed by atoms with Crippen LogP contribution in [0.1, 0.15) is 62.0 Å². The van der Waals surface area contributed by atoms with Gasteiger partial charge in [0.05, 0.1) is 17.5 Å². The SMILES string of the molecule is CCCNC(=O)C1CCCN1C(=O)COc1cc(C(=O)NC(CCC(=O)O)C(=O)N2CCN(C(=O)OCC)CC2)nc2cc(C)cc(F)c12. The van der Waals surface area contributed by atoms with Crippen LogP contribution in [0.3, 0.4) is 0 Å². The van der Waals surface area contributed by atoms with Crippen LogP contribution in [0.5, 0.6) is 5.75 Å². The molecular weight excluding hydrogens is 643 g/mol. The first kappa shape index (κ1) is 36.8. The summed E-state index contributed by atoms with van der Waals surface area (Å²) in [5.74, 6) is -4.12. The quantitative estimate of drug-likeness (QED) is 0.281. The van der Waals surface area contributed by atoms with Crippen molar-refractivity contribution in [3.05, 3.63) is 35.3 Å². The van der Waals surface area contributed by atoms with Crippen molar-refractivity contribution in [2.24, 2.45) is 0 Å². The maximum Gasteiger partial charge on any atom is 0.409 e. The number of carbonyl (C=O) groups is 6. The second-order valence-electron chi connectivity index (χ2n) is 11.9. The summed E-state index contributed by atoms with van der Waals surface area (Å²) in [5, 5.41) is 14.6. The van der Waals surface area contributed by atoms with Gasteiger partial charge in [-0.2, -0.15) is 0 Å². The zero-order valence-electron chi connectivity index (χ0n) is 28.0. The number of hydrogen-bond donors (Lipinski definition) is 3. The highest BCUT2D eigenvalue weighted by Crippen LogP contribution is 2.30. The Kier molecular flexibility index (Phi) is 12.7. The molecule has 49 heavy (non-hydrogen) atoms. The molecule has 266 valence electrons. The number of likely N-dealkylation sites (tertiary alicyclic amines) is 1. The first-order valence-electron chi connectivity index (χ1n) is 16.5. The molecule has 5 amide bonds. The fourth-order valence-corrected chi connectivity index (χ4v) is 5.87. The highest BCUT2D eigenvalue weighted by molar-refractivity contribution is 6.00. The highest BCUT2D eigenvalue weighted by atomic mass is 19.1. The third kappa shape index (κ3) is 9.32. The Hall–Kier alpha value is -5.02. The molecule has 0 spiro atoms. The van der Waals surface area contributed by atoms with Crippen molar-refractivity contribution in [2.75, 3.05) is 52.5 Å². The number of fused-ring (bicyclic) bond motifs is 1. The number of aromatic nitrogens is 1. The molecule has 2 atom stereocenters. The van der Waals surface area contributed by atoms with Crippen LogP contribution in [0.25, 0.3) is 10.9 Å². The van der Waals surface area contributed by atoms with Crippen LogP contribution >= 0.6 is 0 Å². The van der Waals surface area contributed by atoms with Gasteiger partial charge in [-0.3, -0.25) is 24.0 Å². The maximum atomic E-state index is 15.3. The number of ether oxygens (including phenoxy) is 2. The molecule has 2 aromatic rings. The minimum Gasteiger partial charge on any atom is -0.483 e. The standard InChI is InChI=1S/C33H43FN6O9/c1-4-10-35-31(45)25-7-6-11-40(25)27(41)19-49-26-18-24(36-23-17-20(3)16-21(34)29(23)26)30(44)37-22(8-9-28(42)43)32(46)38-12-14-39(15-13-38)33(47)48-5-2/h16-18,22,25H,4-15,19H2,1-3H3,(H,35,45)(H,37,44)(H,42,43). The van der Waals surface area contributed by atoms with E-state index in [2.05, 4.69) is 15.6 Å². The van der Waals surface area contributed by atoms with E-state index in [-0.39, 0.29) is 67.5 Å². The second-order valence-corrected chi connectivity index (χ2v) is 11.9. The second kappa shape index (κ2) is 16.9. The van der Waals surface area contributed by atoms with Gasteiger partial charge in [0.2, 0.25) is 11.8 Å². The van der Waals surface area contributed by atoms with Crippen molar-refractivity contribution in [1.29, 1.82) is 0 Å². The molecule has 0 saturated carbocycles. The van der Waals surface area contributed by atoms with Crippen molar-refractivity contribution in [2.45, 2.75) is 65.0 Å². The van der Waals surface area contributed by atoms with Crippen molar-refractivity contribution in [1.82, 2.24) is 30.3 Å². The van der Waals surface area contributed by atoms with Crippen LogP contribution < -0.4 is 15.4 Å². The number of carboxylic acid groups (broad SMARTS) is 1. The molecule has 2 saturated heterocycles. The fraction of sp³-hybridized carbons (Fsp3) is 0.545. The smallest absolute Gasteiger partial charge is 0.409 e. The molecule has 3 heterocycles. The van der Waals surface area contributed by atoms with E-state index in [1.165, 1.54) is 26.8 Å². The highest BCUT2D eigenvalue weighted by Gasteiger charge is 2.35. The zero-order valence-corrected chi connectivity index (χ0v) is 28.0. The molecule has 3 N–H and O–H groups in total. The number of rotatable bonds is 13. The van der Waals surface area contributed by atoms with Gasteiger partial charge in [0.1, 0.15) is 29.3 Å². The van der Waals surface area contributed by atoms with Crippen LogP contribution in [0.15, 0.2) is 18.2 Å². The van der Waals surface area contributed by atoms with Gasteiger partial charge in [-0.25, -0.2) is 14.2 Å². The predicted molar refractivity (Wildman–Crippen MR) is 173 cm³/mol. The molecule has 0 radical (unpaired) electrons. The monoisotopic (exact) mass is 686 g/mol. The van der Waals surface area contributed by atoms with Gasteiger partial charge in [0.15, 0.2) is 6.61 Å². The lowest BCUT2D eigenvalue weighted by Crippen LogP contribution is -2.56. The van der Waals surface area contributed by atoms with E-state index < -0.39 is 60.7 Å². The molecule has 1 aromatic carbocycles. The summed E-state index contributed by atoms with van der Waals surface area (Å²) < 4.78 is 26.1. The van der Waals surface area contributed by atoms with Gasteiger partial charge >= 0.3 is 12.1 Å². The summed E-state index contributed by atoms with van der Waals surface area (Å²) in [4.78, 5) is 85.0. The van der Waals surface area contributed by atoms with Gasteiger partial charge in [0.25, 0.3) is 11.8 Å². The predicted octanol–water partition coefficient (Wildman–Crippen LogP) is 1.84. The number of nitrogens with zero attached hydrogens (tertiary/aromatic N) is 4. The number of piperazine rings is 1. The number of halogens is 1. The number of benzene rings is 1. The molecule has 2 fully saturated rings. The minimum atomic E-state index is -1.25. The Morgan fingerprint density at radius 2 is 1.76 bits per heavy atom. The molecule has 1 aromatic heterocycles. The van der Waals surface area contributed by atoms with Gasteiger partial charge < -0.3 is 39.9 Å². The lowest BCUT2D eigenvalue weighted by atomic mass is 10.1. The number of nitrogens with one attached hydrogen (secondary N) is 2. The first-order valence-corrected chi connectivity index (χ1v) is 16.5. The minimum absolute atomic E-state index is 0.0633. The van der Waals surface area contributed by atoms with Crippen LogP contribution in [0.2, 0.25) is 0 Å². The summed E-state index contributed by atoms with van der Waals surface area (Å²) in [7, 11) is 0. The Morgan fingerprint density at radius 1 is 1.04 bits per heavy atom. The summed E-state index contributed by atoms with van der Waals surface area (Å²) in [6.45, 7) is 6.43. The van der Waals surface area contributed by atoms with Crippen molar-refractivity contribution in [3.8, 4) is 5.75 Å². The molecule has 0 aliphatic carbocycles. The topological polar surface area (TPSA) is 188 Å². The Morgan fingerprint density at radius 3 is 2.43 bits per heavy atom. The van der Waals surface area contributed by atoms with Crippen LogP contribution in [-0.4, -0.2) is 125 Å². The fourth-order valence-electron chi connectivity index (χ4n) is 5.87. The van der Waals surface area contributed by atoms with E-state index >= 15 is 4.39 Å². The number of carboxylic acids is 1. The maximum absolute atomic E-state index is 15.3. The summed E-state index contributed by atoms with van der Waals surface area (Å²) in [5.41, 5.74) is 0.318. The lowest BCUT2D eigenvalue weighted by Gasteiger charge is -2.35. The van der Waals surface area contributed by atoms with Gasteiger partial charge in [-0.1, -0.05) is 6.92 Å². The van der Waals surface area contributed by atoms with E-state index in [0.717, 1.165) is 12.5 Å². The van der Waals surface area contributed by atoms with Crippen LogP contribution in [0.4, 0.5) is 9.18 Å². The Labute approximate surface area is 283 Å². The summed E-state index contributed by atoms with van der Waals surface area (Å²) in [6.07, 6.45) is 0.737. The van der Waals surface area contributed by atoms with Gasteiger partial charge in [-0.05, 0) is 57.2 Å². The van der Waals surface area contributed by atoms with E-state index in [1.54, 1.807) is 13.8 Å². The molecule has 15 nitrogen and oxygen atoms in total. The number of aryl methyl sites for hydroxylation is 1. The van der Waals surface area contributed by atoms with Crippen LogP contribution in [0, 0.1) is 12.7 Å². The first-order chi connectivity index (χ1) is 23.4. The lowest BCUT2D eigenvalue weighted by molar-refractivity contribution is -0.140. The van der Waals surface area contributed by atoms with Crippen molar-refractivity contribution >= 4 is 46.6 Å². The third-order valence-corrected chi connectivity index (χ3v) is 8.35. The number of carbonyl (C=O) groups excluding carboxylic acids is 5. The molecule has 4 rings (SSSR count). The number of hydrogen-bond acceptors (Lipinski definition) is 9. The number of pyridine rings is 1. The number of aliphatic carboxylic acids is 1.